The second kappa shape index (κ2) is 8.49. The van der Waals surface area contributed by atoms with Crippen LogP contribution >= 0.6 is 23.1 Å². The van der Waals surface area contributed by atoms with E-state index in [0.717, 1.165) is 5.56 Å². The average Bonchev–Trinajstić information content (AvgIpc) is 3.28. The van der Waals surface area contributed by atoms with Gasteiger partial charge in [0, 0.05) is 17.5 Å². The highest BCUT2D eigenvalue weighted by Gasteiger charge is 2.16. The van der Waals surface area contributed by atoms with Crippen LogP contribution in [0.2, 0.25) is 0 Å². The van der Waals surface area contributed by atoms with Crippen molar-refractivity contribution in [2.45, 2.75) is 44.9 Å². The van der Waals surface area contributed by atoms with Crippen molar-refractivity contribution >= 4 is 29.0 Å². The van der Waals surface area contributed by atoms with Crippen molar-refractivity contribution in [1.82, 2.24) is 15.1 Å². The van der Waals surface area contributed by atoms with Gasteiger partial charge in [0.15, 0.2) is 0 Å². The van der Waals surface area contributed by atoms with E-state index in [1.54, 1.807) is 16.2 Å². The summed E-state index contributed by atoms with van der Waals surface area (Å²) in [6.07, 6.45) is 0. The van der Waals surface area contributed by atoms with E-state index < -0.39 is 0 Å². The number of benzene rings is 1. The number of carbonyl (C=O) groups excluding carboxylic acids is 1. The van der Waals surface area contributed by atoms with Crippen molar-refractivity contribution in [2.75, 3.05) is 12.8 Å². The highest BCUT2D eigenvalue weighted by Crippen LogP contribution is 2.27. The van der Waals surface area contributed by atoms with E-state index in [1.165, 1.54) is 27.8 Å². The van der Waals surface area contributed by atoms with Crippen LogP contribution in [0.15, 0.2) is 45.4 Å². The third-order valence-electron chi connectivity index (χ3n) is 4.50. The van der Waals surface area contributed by atoms with E-state index in [0.29, 0.717) is 17.7 Å². The zero-order valence-corrected chi connectivity index (χ0v) is 18.5. The first-order valence-corrected chi connectivity index (χ1v) is 10.9. The minimum atomic E-state index is 0.0343. The molecule has 0 saturated carbocycles. The lowest BCUT2D eigenvalue weighted by Gasteiger charge is -2.18. The Morgan fingerprint density at radius 1 is 1.18 bits per heavy atom. The number of nitrogens with zero attached hydrogens (tertiary/aromatic N) is 3. The van der Waals surface area contributed by atoms with Crippen LogP contribution in [0, 0.1) is 6.92 Å². The SMILES string of the molecule is Cc1ccsc1CN(C)C(=O)CSc1nnc(-c2ccc(C(C)(C)C)cc2)o1. The fourth-order valence-electron chi connectivity index (χ4n) is 2.60. The molecule has 0 saturated heterocycles. The van der Waals surface area contributed by atoms with Crippen LogP contribution in [0.3, 0.4) is 0 Å². The number of hydrogen-bond donors (Lipinski definition) is 0. The van der Waals surface area contributed by atoms with Crippen molar-refractivity contribution in [2.24, 2.45) is 0 Å². The molecule has 0 N–H and O–H groups in total. The Morgan fingerprint density at radius 3 is 2.50 bits per heavy atom. The van der Waals surface area contributed by atoms with Crippen LogP contribution in [0.4, 0.5) is 0 Å². The largest absolute Gasteiger partial charge is 0.411 e. The molecule has 0 aliphatic carbocycles. The monoisotopic (exact) mass is 415 g/mol. The Hall–Kier alpha value is -2.12. The van der Waals surface area contributed by atoms with Gasteiger partial charge in [0.05, 0.1) is 12.3 Å². The number of thiophene rings is 1. The van der Waals surface area contributed by atoms with Gasteiger partial charge in [-0.2, -0.15) is 0 Å². The molecule has 0 radical (unpaired) electrons. The summed E-state index contributed by atoms with van der Waals surface area (Å²) in [4.78, 5) is 15.3. The Labute approximate surface area is 174 Å². The normalized spacial score (nSPS) is 11.6. The summed E-state index contributed by atoms with van der Waals surface area (Å²) in [5.74, 6) is 0.774. The first-order valence-electron chi connectivity index (χ1n) is 9.08. The van der Waals surface area contributed by atoms with Gasteiger partial charge in [0.25, 0.3) is 5.22 Å². The van der Waals surface area contributed by atoms with Gasteiger partial charge in [0.2, 0.25) is 11.8 Å². The number of hydrogen-bond acceptors (Lipinski definition) is 6. The molecule has 7 heteroatoms. The molecule has 0 spiro atoms. The molecule has 0 fully saturated rings. The molecule has 2 aromatic heterocycles. The second-order valence-corrected chi connectivity index (χ2v) is 9.69. The maximum Gasteiger partial charge on any atom is 0.277 e. The van der Waals surface area contributed by atoms with Crippen molar-refractivity contribution in [3.05, 3.63) is 51.7 Å². The van der Waals surface area contributed by atoms with Gasteiger partial charge in [-0.25, -0.2) is 0 Å². The lowest BCUT2D eigenvalue weighted by Crippen LogP contribution is -2.27. The van der Waals surface area contributed by atoms with Gasteiger partial charge in [-0.15, -0.1) is 21.5 Å². The summed E-state index contributed by atoms with van der Waals surface area (Å²) in [6.45, 7) is 9.22. The third-order valence-corrected chi connectivity index (χ3v) is 6.31. The molecule has 1 amide bonds. The molecule has 0 unspecified atom stereocenters. The predicted octanol–water partition coefficient (Wildman–Crippen LogP) is 5.15. The maximum absolute atomic E-state index is 12.4. The lowest BCUT2D eigenvalue weighted by atomic mass is 9.87. The van der Waals surface area contributed by atoms with Crippen LogP contribution < -0.4 is 0 Å². The molecular weight excluding hydrogens is 390 g/mol. The Balaban J connectivity index is 1.57. The Morgan fingerprint density at radius 2 is 1.89 bits per heavy atom. The van der Waals surface area contributed by atoms with Crippen molar-refractivity contribution in [3.63, 3.8) is 0 Å². The molecule has 0 bridgehead atoms. The fraction of sp³-hybridized carbons (Fsp3) is 0.381. The predicted molar refractivity (Wildman–Crippen MR) is 115 cm³/mol. The van der Waals surface area contributed by atoms with Crippen LogP contribution in [0.25, 0.3) is 11.5 Å². The van der Waals surface area contributed by atoms with E-state index in [9.17, 15) is 4.79 Å². The summed E-state index contributed by atoms with van der Waals surface area (Å²) in [7, 11) is 1.82. The minimum Gasteiger partial charge on any atom is -0.411 e. The van der Waals surface area contributed by atoms with Crippen LogP contribution in [0.1, 0.15) is 36.8 Å². The van der Waals surface area contributed by atoms with Crippen molar-refractivity contribution in [1.29, 1.82) is 0 Å². The standard InChI is InChI=1S/C21H25N3O2S2/c1-14-10-11-27-17(14)12-24(5)18(25)13-28-20-23-22-19(26-20)15-6-8-16(9-7-15)21(2,3)4/h6-11H,12-13H2,1-5H3. The van der Waals surface area contributed by atoms with Gasteiger partial charge in [-0.3, -0.25) is 4.79 Å². The van der Waals surface area contributed by atoms with Crippen molar-refractivity contribution < 1.29 is 9.21 Å². The molecule has 5 nitrogen and oxygen atoms in total. The highest BCUT2D eigenvalue weighted by atomic mass is 32.2. The summed E-state index contributed by atoms with van der Waals surface area (Å²) >= 11 is 2.94. The van der Waals surface area contributed by atoms with Gasteiger partial charge < -0.3 is 9.32 Å². The Kier molecular flexibility index (Phi) is 6.25. The average molecular weight is 416 g/mol. The third kappa shape index (κ3) is 5.02. The quantitative estimate of drug-likeness (QED) is 0.521. The molecule has 3 aromatic rings. The van der Waals surface area contributed by atoms with Gasteiger partial charge >= 0.3 is 0 Å². The number of amides is 1. The smallest absolute Gasteiger partial charge is 0.277 e. The topological polar surface area (TPSA) is 59.2 Å². The summed E-state index contributed by atoms with van der Waals surface area (Å²) in [6, 6.07) is 10.2. The van der Waals surface area contributed by atoms with Gasteiger partial charge in [-0.05, 0) is 47.0 Å². The van der Waals surface area contributed by atoms with E-state index in [4.69, 9.17) is 4.42 Å². The zero-order chi connectivity index (χ0) is 20.3. The van der Waals surface area contributed by atoms with Crippen molar-refractivity contribution in [3.8, 4) is 11.5 Å². The molecule has 28 heavy (non-hydrogen) atoms. The molecule has 3 rings (SSSR count). The second-order valence-electron chi connectivity index (χ2n) is 7.77. The summed E-state index contributed by atoms with van der Waals surface area (Å²) in [5, 5.41) is 10.6. The van der Waals surface area contributed by atoms with Crippen LogP contribution in [-0.4, -0.2) is 33.8 Å². The molecule has 2 heterocycles. The first-order chi connectivity index (χ1) is 13.2. The van der Waals surface area contributed by atoms with Gasteiger partial charge in [0.1, 0.15) is 0 Å². The molecule has 0 aliphatic heterocycles. The molecular formula is C21H25N3O2S2. The number of aryl methyl sites for hydroxylation is 1. The first kappa shape index (κ1) is 20.6. The van der Waals surface area contributed by atoms with Gasteiger partial charge in [-0.1, -0.05) is 44.7 Å². The molecule has 148 valence electrons. The van der Waals surface area contributed by atoms with E-state index in [1.807, 2.05) is 24.6 Å². The highest BCUT2D eigenvalue weighted by molar-refractivity contribution is 7.99. The van der Waals surface area contributed by atoms with E-state index in [2.05, 4.69) is 56.1 Å². The number of aromatic nitrogens is 2. The minimum absolute atomic E-state index is 0.0343. The lowest BCUT2D eigenvalue weighted by molar-refractivity contribution is -0.127. The zero-order valence-electron chi connectivity index (χ0n) is 16.9. The number of carbonyl (C=O) groups is 1. The summed E-state index contributed by atoms with van der Waals surface area (Å²) < 4.78 is 5.72. The van der Waals surface area contributed by atoms with E-state index >= 15 is 0 Å². The summed E-state index contributed by atoms with van der Waals surface area (Å²) in [5.41, 5.74) is 3.45. The molecule has 0 aliphatic rings. The maximum atomic E-state index is 12.4. The van der Waals surface area contributed by atoms with E-state index in [-0.39, 0.29) is 17.1 Å². The van der Waals surface area contributed by atoms with Crippen LogP contribution in [0.5, 0.6) is 0 Å². The molecule has 0 atom stereocenters. The molecule has 1 aromatic carbocycles. The fourth-order valence-corrected chi connectivity index (χ4v) is 4.26. The Bertz CT molecular complexity index is 939. The van der Waals surface area contributed by atoms with Crippen LogP contribution in [-0.2, 0) is 16.8 Å². The number of rotatable bonds is 6. The number of thioether (sulfide) groups is 1.